The zero-order valence-electron chi connectivity index (χ0n) is 11.0. The summed E-state index contributed by atoms with van der Waals surface area (Å²) in [5, 5.41) is 11.7. The van der Waals surface area contributed by atoms with Gasteiger partial charge in [0.05, 0.1) is 17.0 Å². The van der Waals surface area contributed by atoms with Crippen LogP contribution in [0.5, 0.6) is 0 Å². The first kappa shape index (κ1) is 15.3. The molecular weight excluding hydrogens is 298 g/mol. The number of carbonyl (C=O) groups excluding carboxylic acids is 1. The minimum absolute atomic E-state index is 0.119. The summed E-state index contributed by atoms with van der Waals surface area (Å²) in [6.07, 6.45) is 1.78. The van der Waals surface area contributed by atoms with Crippen LogP contribution >= 0.6 is 0 Å². The van der Waals surface area contributed by atoms with Crippen molar-refractivity contribution in [3.8, 4) is 0 Å². The van der Waals surface area contributed by atoms with Gasteiger partial charge in [-0.05, 0) is 31.0 Å². The van der Waals surface area contributed by atoms with Gasteiger partial charge < -0.3 is 16.2 Å². The quantitative estimate of drug-likeness (QED) is 0.523. The molecule has 9 heteroatoms. The second kappa shape index (κ2) is 5.70. The maximum Gasteiger partial charge on any atom is 0.337 e. The van der Waals surface area contributed by atoms with Crippen molar-refractivity contribution in [3.63, 3.8) is 0 Å². The summed E-state index contributed by atoms with van der Waals surface area (Å²) in [4.78, 5) is 22.1. The van der Waals surface area contributed by atoms with Crippen LogP contribution in [0.1, 0.15) is 23.2 Å². The van der Waals surface area contributed by atoms with Crippen LogP contribution in [-0.4, -0.2) is 38.0 Å². The van der Waals surface area contributed by atoms with Crippen molar-refractivity contribution in [3.05, 3.63) is 23.8 Å². The number of carbonyl (C=O) groups is 2. The molecular formula is C12H15N3O5S. The average molecular weight is 313 g/mol. The molecule has 21 heavy (non-hydrogen) atoms. The molecule has 0 spiro atoms. The Morgan fingerprint density at radius 2 is 2.00 bits per heavy atom. The van der Waals surface area contributed by atoms with Gasteiger partial charge in [-0.1, -0.05) is 0 Å². The lowest BCUT2D eigenvalue weighted by atomic mass is 10.2. The standard InChI is InChI=1S/C12H15N3O5S/c13-7-1-4-10(9(5-7)12(17)18)21(19,20)14-6-11(16)15-8-2-3-8/h1,4-5,8,14H,2-3,6,13H2,(H,15,16)(H,17,18). The topological polar surface area (TPSA) is 139 Å². The summed E-state index contributed by atoms with van der Waals surface area (Å²) < 4.78 is 26.2. The van der Waals surface area contributed by atoms with Crippen LogP contribution < -0.4 is 15.8 Å². The fourth-order valence-electron chi connectivity index (χ4n) is 1.69. The molecule has 0 aliphatic heterocycles. The third-order valence-electron chi connectivity index (χ3n) is 2.89. The molecule has 0 radical (unpaired) electrons. The summed E-state index contributed by atoms with van der Waals surface area (Å²) >= 11 is 0. The van der Waals surface area contributed by atoms with Crippen LogP contribution in [0.15, 0.2) is 23.1 Å². The fraction of sp³-hybridized carbons (Fsp3) is 0.333. The van der Waals surface area contributed by atoms with Crippen LogP contribution in [0.4, 0.5) is 5.69 Å². The van der Waals surface area contributed by atoms with E-state index in [2.05, 4.69) is 10.0 Å². The zero-order valence-corrected chi connectivity index (χ0v) is 11.8. The van der Waals surface area contributed by atoms with Gasteiger partial charge in [-0.25, -0.2) is 17.9 Å². The number of sulfonamides is 1. The van der Waals surface area contributed by atoms with E-state index in [1.54, 1.807) is 0 Å². The van der Waals surface area contributed by atoms with E-state index < -0.39 is 38.9 Å². The van der Waals surface area contributed by atoms with Gasteiger partial charge in [0, 0.05) is 11.7 Å². The van der Waals surface area contributed by atoms with Crippen LogP contribution in [0.3, 0.4) is 0 Å². The highest BCUT2D eigenvalue weighted by atomic mass is 32.2. The first-order valence-corrected chi connectivity index (χ1v) is 7.70. The monoisotopic (exact) mass is 313 g/mol. The van der Waals surface area contributed by atoms with E-state index in [-0.39, 0.29) is 11.7 Å². The maximum atomic E-state index is 12.1. The molecule has 1 aliphatic carbocycles. The summed E-state index contributed by atoms with van der Waals surface area (Å²) in [7, 11) is -4.11. The molecule has 1 saturated carbocycles. The van der Waals surface area contributed by atoms with E-state index in [1.807, 2.05) is 0 Å². The SMILES string of the molecule is Nc1ccc(S(=O)(=O)NCC(=O)NC2CC2)c(C(=O)O)c1. The van der Waals surface area contributed by atoms with Crippen LogP contribution in [-0.2, 0) is 14.8 Å². The van der Waals surface area contributed by atoms with Gasteiger partial charge in [-0.15, -0.1) is 0 Å². The van der Waals surface area contributed by atoms with Crippen molar-refractivity contribution < 1.29 is 23.1 Å². The van der Waals surface area contributed by atoms with Crippen molar-refractivity contribution in [1.82, 2.24) is 10.0 Å². The highest BCUT2D eigenvalue weighted by Gasteiger charge is 2.26. The smallest absolute Gasteiger partial charge is 0.337 e. The Bertz CT molecular complexity index is 682. The lowest BCUT2D eigenvalue weighted by Crippen LogP contribution is -2.38. The van der Waals surface area contributed by atoms with E-state index >= 15 is 0 Å². The third kappa shape index (κ3) is 3.92. The Kier molecular flexibility index (Phi) is 4.14. The normalized spacial score (nSPS) is 14.7. The van der Waals surface area contributed by atoms with Gasteiger partial charge in [0.25, 0.3) is 0 Å². The minimum atomic E-state index is -4.11. The molecule has 1 amide bonds. The van der Waals surface area contributed by atoms with Crippen LogP contribution in [0, 0.1) is 0 Å². The molecule has 1 aromatic carbocycles. The molecule has 0 saturated heterocycles. The Morgan fingerprint density at radius 1 is 1.33 bits per heavy atom. The molecule has 1 fully saturated rings. The van der Waals surface area contributed by atoms with Gasteiger partial charge in [-0.2, -0.15) is 0 Å². The molecule has 5 N–H and O–H groups in total. The van der Waals surface area contributed by atoms with E-state index in [0.29, 0.717) is 0 Å². The van der Waals surface area contributed by atoms with Crippen molar-refractivity contribution in [2.45, 2.75) is 23.8 Å². The number of amides is 1. The van der Waals surface area contributed by atoms with E-state index in [1.165, 1.54) is 6.07 Å². The van der Waals surface area contributed by atoms with Gasteiger partial charge >= 0.3 is 5.97 Å². The number of nitrogens with two attached hydrogens (primary N) is 1. The number of benzene rings is 1. The lowest BCUT2D eigenvalue weighted by Gasteiger charge is -2.10. The number of hydrogen-bond acceptors (Lipinski definition) is 5. The molecule has 0 heterocycles. The zero-order chi connectivity index (χ0) is 15.6. The molecule has 1 aromatic rings. The Balaban J connectivity index is 2.14. The summed E-state index contributed by atoms with van der Waals surface area (Å²) in [5.74, 6) is -1.86. The highest BCUT2D eigenvalue weighted by Crippen LogP contribution is 2.19. The molecule has 114 valence electrons. The molecule has 0 unspecified atom stereocenters. The lowest BCUT2D eigenvalue weighted by molar-refractivity contribution is -0.120. The van der Waals surface area contributed by atoms with Gasteiger partial charge in [0.2, 0.25) is 15.9 Å². The van der Waals surface area contributed by atoms with Crippen molar-refractivity contribution in [2.75, 3.05) is 12.3 Å². The molecule has 0 atom stereocenters. The maximum absolute atomic E-state index is 12.1. The number of nitrogen functional groups attached to an aromatic ring is 1. The Labute approximate surface area is 121 Å². The number of anilines is 1. The van der Waals surface area contributed by atoms with Gasteiger partial charge in [0.1, 0.15) is 0 Å². The first-order chi connectivity index (χ1) is 9.79. The summed E-state index contributed by atoms with van der Waals surface area (Å²) in [6, 6.07) is 3.56. The van der Waals surface area contributed by atoms with Crippen LogP contribution in [0.25, 0.3) is 0 Å². The molecule has 0 bridgehead atoms. The summed E-state index contributed by atoms with van der Waals surface area (Å²) in [5.41, 5.74) is 5.15. The molecule has 1 aliphatic rings. The number of hydrogen-bond donors (Lipinski definition) is 4. The molecule has 8 nitrogen and oxygen atoms in total. The second-order valence-electron chi connectivity index (χ2n) is 4.73. The Morgan fingerprint density at radius 3 is 2.57 bits per heavy atom. The minimum Gasteiger partial charge on any atom is -0.478 e. The number of aromatic carboxylic acids is 1. The van der Waals surface area contributed by atoms with Crippen LogP contribution in [0.2, 0.25) is 0 Å². The van der Waals surface area contributed by atoms with Gasteiger partial charge in [0.15, 0.2) is 0 Å². The molecule has 2 rings (SSSR count). The van der Waals surface area contributed by atoms with E-state index in [9.17, 15) is 18.0 Å². The fourth-order valence-corrected chi connectivity index (χ4v) is 2.85. The van der Waals surface area contributed by atoms with Crippen molar-refractivity contribution >= 4 is 27.6 Å². The predicted octanol–water partition coefficient (Wildman–Crippen LogP) is -0.476. The first-order valence-electron chi connectivity index (χ1n) is 6.21. The summed E-state index contributed by atoms with van der Waals surface area (Å²) in [6.45, 7) is -0.442. The Hall–Kier alpha value is -2.13. The highest BCUT2D eigenvalue weighted by molar-refractivity contribution is 7.89. The number of nitrogens with one attached hydrogen (secondary N) is 2. The third-order valence-corrected chi connectivity index (χ3v) is 4.35. The average Bonchev–Trinajstić information content (AvgIpc) is 3.20. The van der Waals surface area contributed by atoms with Crippen molar-refractivity contribution in [2.24, 2.45) is 0 Å². The van der Waals surface area contributed by atoms with E-state index in [0.717, 1.165) is 25.0 Å². The predicted molar refractivity (Wildman–Crippen MR) is 74.2 cm³/mol. The number of carboxylic acid groups (broad SMARTS) is 1. The van der Waals surface area contributed by atoms with Gasteiger partial charge in [-0.3, -0.25) is 4.79 Å². The van der Waals surface area contributed by atoms with Crippen molar-refractivity contribution in [1.29, 1.82) is 0 Å². The van der Waals surface area contributed by atoms with E-state index in [4.69, 9.17) is 10.8 Å². The number of rotatable bonds is 6. The second-order valence-corrected chi connectivity index (χ2v) is 6.46. The number of carboxylic acids is 1. The largest absolute Gasteiger partial charge is 0.478 e. The molecule has 0 aromatic heterocycles.